The van der Waals surface area contributed by atoms with Gasteiger partial charge in [-0.3, -0.25) is 0 Å². The molecule has 2 amide bonds. The summed E-state index contributed by atoms with van der Waals surface area (Å²) in [4.78, 5) is 22.9. The van der Waals surface area contributed by atoms with Crippen LogP contribution in [-0.4, -0.2) is 43.6 Å². The number of hydrogen-bond donors (Lipinski definition) is 3. The molecule has 0 radical (unpaired) electrons. The van der Waals surface area contributed by atoms with Gasteiger partial charge in [-0.15, -0.1) is 0 Å². The van der Waals surface area contributed by atoms with Crippen molar-refractivity contribution in [1.82, 2.24) is 5.32 Å². The maximum absolute atomic E-state index is 11.9. The fourth-order valence-corrected chi connectivity index (χ4v) is 3.01. The van der Waals surface area contributed by atoms with Crippen LogP contribution in [0.1, 0.15) is 0 Å². The van der Waals surface area contributed by atoms with Crippen molar-refractivity contribution in [3.63, 3.8) is 0 Å². The second-order valence-corrected chi connectivity index (χ2v) is 7.71. The third-order valence-corrected chi connectivity index (χ3v) is 4.26. The number of aliphatic carboxylic acids is 1. The largest absolute Gasteiger partial charge is 0.480 e. The lowest BCUT2D eigenvalue weighted by molar-refractivity contribution is -0.138. The number of amides is 2. The van der Waals surface area contributed by atoms with E-state index in [1.165, 1.54) is 0 Å². The van der Waals surface area contributed by atoms with E-state index in [1.54, 1.807) is 12.1 Å². The number of benzene rings is 2. The van der Waals surface area contributed by atoms with E-state index in [1.807, 2.05) is 42.5 Å². The molecular weight excluding hydrogens is 344 g/mol. The zero-order chi connectivity index (χ0) is 18.4. The quantitative estimate of drug-likeness (QED) is 0.727. The molecular formula is C17H18N2O5S. The van der Waals surface area contributed by atoms with Crippen LogP contribution in [0.25, 0.3) is 11.1 Å². The number of carbonyl (C=O) groups excluding carboxylic acids is 1. The van der Waals surface area contributed by atoms with Crippen molar-refractivity contribution >= 4 is 27.5 Å². The van der Waals surface area contributed by atoms with Crippen LogP contribution in [0.3, 0.4) is 0 Å². The average molecular weight is 362 g/mol. The first kappa shape index (κ1) is 18.5. The Balaban J connectivity index is 2.01. The van der Waals surface area contributed by atoms with Crippen LogP contribution in [0.2, 0.25) is 0 Å². The van der Waals surface area contributed by atoms with Crippen LogP contribution in [0.4, 0.5) is 10.5 Å². The number of hydrogen-bond acceptors (Lipinski definition) is 4. The van der Waals surface area contributed by atoms with Gasteiger partial charge >= 0.3 is 12.0 Å². The molecule has 1 atom stereocenters. The molecule has 0 saturated heterocycles. The van der Waals surface area contributed by atoms with Crippen molar-refractivity contribution in [2.75, 3.05) is 17.3 Å². The van der Waals surface area contributed by atoms with Gasteiger partial charge in [0.25, 0.3) is 0 Å². The van der Waals surface area contributed by atoms with Gasteiger partial charge < -0.3 is 15.7 Å². The Kier molecular flexibility index (Phi) is 5.76. The Morgan fingerprint density at radius 3 is 2.08 bits per heavy atom. The number of carbonyl (C=O) groups is 2. The van der Waals surface area contributed by atoms with E-state index in [4.69, 9.17) is 5.11 Å². The zero-order valence-electron chi connectivity index (χ0n) is 13.5. The van der Waals surface area contributed by atoms with E-state index in [-0.39, 0.29) is 0 Å². The highest BCUT2D eigenvalue weighted by atomic mass is 32.2. The number of sulfone groups is 1. The first-order chi connectivity index (χ1) is 11.7. The molecule has 8 heteroatoms. The lowest BCUT2D eigenvalue weighted by Crippen LogP contribution is -2.46. The molecule has 2 aromatic carbocycles. The van der Waals surface area contributed by atoms with Crippen molar-refractivity contribution < 1.29 is 23.1 Å². The molecule has 3 N–H and O–H groups in total. The molecule has 0 heterocycles. The smallest absolute Gasteiger partial charge is 0.327 e. The molecule has 0 aliphatic rings. The van der Waals surface area contributed by atoms with Crippen molar-refractivity contribution in [3.05, 3.63) is 54.6 Å². The van der Waals surface area contributed by atoms with Crippen LogP contribution in [0.5, 0.6) is 0 Å². The van der Waals surface area contributed by atoms with Gasteiger partial charge in [0.2, 0.25) is 0 Å². The average Bonchev–Trinajstić information content (AvgIpc) is 2.54. The third kappa shape index (κ3) is 5.92. The summed E-state index contributed by atoms with van der Waals surface area (Å²) in [5.74, 6) is -2.09. The summed E-state index contributed by atoms with van der Waals surface area (Å²) in [6.07, 6.45) is 0.908. The SMILES string of the molecule is CS(=O)(=O)CC(NC(=O)Nc1ccc(-c2ccccc2)cc1)C(=O)O. The number of carboxylic acid groups (broad SMARTS) is 1. The second kappa shape index (κ2) is 7.80. The number of carboxylic acids is 1. The van der Waals surface area contributed by atoms with Gasteiger partial charge in [0.15, 0.2) is 0 Å². The molecule has 0 fully saturated rings. The third-order valence-electron chi connectivity index (χ3n) is 3.32. The van der Waals surface area contributed by atoms with E-state index in [9.17, 15) is 18.0 Å². The van der Waals surface area contributed by atoms with Crippen LogP contribution in [-0.2, 0) is 14.6 Å². The maximum atomic E-state index is 11.9. The second-order valence-electron chi connectivity index (χ2n) is 5.53. The van der Waals surface area contributed by atoms with Crippen molar-refractivity contribution in [2.45, 2.75) is 6.04 Å². The lowest BCUT2D eigenvalue weighted by atomic mass is 10.1. The monoisotopic (exact) mass is 362 g/mol. The predicted molar refractivity (Wildman–Crippen MR) is 95.2 cm³/mol. The Bertz CT molecular complexity index is 848. The number of urea groups is 1. The molecule has 25 heavy (non-hydrogen) atoms. The van der Waals surface area contributed by atoms with Gasteiger partial charge in [-0.2, -0.15) is 0 Å². The van der Waals surface area contributed by atoms with Crippen molar-refractivity contribution in [2.24, 2.45) is 0 Å². The molecule has 2 aromatic rings. The summed E-state index contributed by atoms with van der Waals surface area (Å²) < 4.78 is 22.4. The van der Waals surface area contributed by atoms with Gasteiger partial charge in [-0.25, -0.2) is 18.0 Å². The molecule has 0 spiro atoms. The van der Waals surface area contributed by atoms with Crippen LogP contribution in [0.15, 0.2) is 54.6 Å². The summed E-state index contributed by atoms with van der Waals surface area (Å²) in [5, 5.41) is 13.6. The molecule has 0 bridgehead atoms. The molecule has 7 nitrogen and oxygen atoms in total. The molecule has 1 unspecified atom stereocenters. The zero-order valence-corrected chi connectivity index (χ0v) is 14.3. The molecule has 0 aliphatic heterocycles. The maximum Gasteiger partial charge on any atom is 0.327 e. The van der Waals surface area contributed by atoms with Gasteiger partial charge in [0.1, 0.15) is 15.9 Å². The lowest BCUT2D eigenvalue weighted by Gasteiger charge is -2.14. The highest BCUT2D eigenvalue weighted by Gasteiger charge is 2.24. The van der Waals surface area contributed by atoms with Crippen molar-refractivity contribution in [3.8, 4) is 11.1 Å². The minimum absolute atomic E-state index is 0.459. The summed E-state index contributed by atoms with van der Waals surface area (Å²) in [7, 11) is -3.55. The standard InChI is InChI=1S/C17H18N2O5S/c1-25(23,24)11-15(16(20)21)19-17(22)18-14-9-7-13(8-10-14)12-5-3-2-4-6-12/h2-10,15H,11H2,1H3,(H,20,21)(H2,18,19,22). The molecule has 0 saturated carbocycles. The highest BCUT2D eigenvalue weighted by molar-refractivity contribution is 7.90. The molecule has 2 rings (SSSR count). The number of rotatable bonds is 6. The van der Waals surface area contributed by atoms with Gasteiger partial charge in [0, 0.05) is 11.9 Å². The fraction of sp³-hybridized carbons (Fsp3) is 0.176. The minimum atomic E-state index is -3.55. The van der Waals surface area contributed by atoms with E-state index < -0.39 is 33.6 Å². The van der Waals surface area contributed by atoms with E-state index in [0.717, 1.165) is 17.4 Å². The van der Waals surface area contributed by atoms with E-state index in [2.05, 4.69) is 10.6 Å². The Hall–Kier alpha value is -2.87. The van der Waals surface area contributed by atoms with E-state index >= 15 is 0 Å². The van der Waals surface area contributed by atoms with Crippen LogP contribution in [0, 0.1) is 0 Å². The Labute approximate surface area is 145 Å². The number of nitrogens with one attached hydrogen (secondary N) is 2. The molecule has 0 aliphatic carbocycles. The normalized spacial score (nSPS) is 12.2. The number of anilines is 1. The summed E-state index contributed by atoms with van der Waals surface area (Å²) in [6.45, 7) is 0. The molecule has 0 aromatic heterocycles. The predicted octanol–water partition coefficient (Wildman–Crippen LogP) is 1.97. The van der Waals surface area contributed by atoms with Gasteiger partial charge in [0.05, 0.1) is 5.75 Å². The van der Waals surface area contributed by atoms with Gasteiger partial charge in [-0.05, 0) is 23.3 Å². The summed E-state index contributed by atoms with van der Waals surface area (Å²) in [5.41, 5.74) is 2.45. The first-order valence-corrected chi connectivity index (χ1v) is 9.44. The van der Waals surface area contributed by atoms with Crippen molar-refractivity contribution in [1.29, 1.82) is 0 Å². The minimum Gasteiger partial charge on any atom is -0.480 e. The topological polar surface area (TPSA) is 113 Å². The summed E-state index contributed by atoms with van der Waals surface area (Å²) >= 11 is 0. The van der Waals surface area contributed by atoms with Crippen LogP contribution < -0.4 is 10.6 Å². The Morgan fingerprint density at radius 2 is 1.56 bits per heavy atom. The van der Waals surface area contributed by atoms with Crippen LogP contribution >= 0.6 is 0 Å². The Morgan fingerprint density at radius 1 is 1.00 bits per heavy atom. The highest BCUT2D eigenvalue weighted by Crippen LogP contribution is 2.20. The van der Waals surface area contributed by atoms with Gasteiger partial charge in [-0.1, -0.05) is 42.5 Å². The summed E-state index contributed by atoms with van der Waals surface area (Å²) in [6, 6.07) is 14.3. The van der Waals surface area contributed by atoms with E-state index in [0.29, 0.717) is 5.69 Å². The fourth-order valence-electron chi connectivity index (χ4n) is 2.18. The molecule has 132 valence electrons. The first-order valence-electron chi connectivity index (χ1n) is 7.38.